The van der Waals surface area contributed by atoms with Crippen molar-refractivity contribution in [1.29, 1.82) is 0 Å². The van der Waals surface area contributed by atoms with Crippen molar-refractivity contribution in [2.75, 3.05) is 0 Å². The molecule has 1 unspecified atom stereocenters. The molecule has 0 aliphatic heterocycles. The third kappa shape index (κ3) is 2.48. The zero-order valence-electron chi connectivity index (χ0n) is 11.4. The number of hydrogen-bond acceptors (Lipinski definition) is 2. The summed E-state index contributed by atoms with van der Waals surface area (Å²) in [6.45, 7) is 11.6. The molecule has 0 amide bonds. The lowest BCUT2D eigenvalue weighted by Crippen LogP contribution is -2.03. The number of para-hydroxylation sites is 1. The van der Waals surface area contributed by atoms with Crippen LogP contribution in [0.2, 0.25) is 0 Å². The maximum absolute atomic E-state index is 4.32. The summed E-state index contributed by atoms with van der Waals surface area (Å²) in [5.74, 6) is 0. The quantitative estimate of drug-likeness (QED) is 0.717. The van der Waals surface area contributed by atoms with Crippen molar-refractivity contribution >= 4 is 19.1 Å². The summed E-state index contributed by atoms with van der Waals surface area (Å²) < 4.78 is 0. The lowest BCUT2D eigenvalue weighted by molar-refractivity contribution is 0.861. The van der Waals surface area contributed by atoms with Crippen molar-refractivity contribution in [1.82, 2.24) is 0 Å². The van der Waals surface area contributed by atoms with Crippen LogP contribution in [-0.4, -0.2) is 13.4 Å². The summed E-state index contributed by atoms with van der Waals surface area (Å²) in [4.78, 5) is 8.41. The SMILES string of the molecule is C=Nc1ccccc1C(N=C)c1c(C)cccc1C. The van der Waals surface area contributed by atoms with Gasteiger partial charge in [0.15, 0.2) is 0 Å². The first kappa shape index (κ1) is 13.2. The predicted octanol–water partition coefficient (Wildman–Crippen LogP) is 4.43. The first-order valence-electron chi connectivity index (χ1n) is 6.26. The van der Waals surface area contributed by atoms with E-state index >= 15 is 0 Å². The fourth-order valence-corrected chi connectivity index (χ4v) is 2.47. The van der Waals surface area contributed by atoms with Crippen LogP contribution in [0.4, 0.5) is 5.69 Å². The largest absolute Gasteiger partial charge is 0.288 e. The molecular weight excluding hydrogens is 232 g/mol. The van der Waals surface area contributed by atoms with Crippen LogP contribution < -0.4 is 0 Å². The molecule has 2 rings (SSSR count). The van der Waals surface area contributed by atoms with E-state index in [9.17, 15) is 0 Å². The molecule has 0 aliphatic carbocycles. The van der Waals surface area contributed by atoms with Crippen molar-refractivity contribution in [3.05, 3.63) is 64.7 Å². The highest BCUT2D eigenvalue weighted by atomic mass is 14.8. The first-order valence-corrected chi connectivity index (χ1v) is 6.26. The van der Waals surface area contributed by atoms with E-state index in [4.69, 9.17) is 0 Å². The lowest BCUT2D eigenvalue weighted by atomic mass is 9.91. The smallest absolute Gasteiger partial charge is 0.102 e. The fraction of sp³-hybridized carbons (Fsp3) is 0.176. The number of benzene rings is 2. The second kappa shape index (κ2) is 5.61. The van der Waals surface area contributed by atoms with Crippen LogP contribution in [0.3, 0.4) is 0 Å². The molecule has 96 valence electrons. The van der Waals surface area contributed by atoms with Crippen LogP contribution in [0.25, 0.3) is 0 Å². The van der Waals surface area contributed by atoms with Gasteiger partial charge in [-0.1, -0.05) is 36.4 Å². The molecule has 2 nitrogen and oxygen atoms in total. The van der Waals surface area contributed by atoms with Gasteiger partial charge in [0.2, 0.25) is 0 Å². The molecule has 0 spiro atoms. The number of aliphatic imine (C=N–C) groups is 2. The molecular formula is C17H18N2. The van der Waals surface area contributed by atoms with Gasteiger partial charge >= 0.3 is 0 Å². The number of aryl methyl sites for hydroxylation is 2. The van der Waals surface area contributed by atoms with E-state index in [1.54, 1.807) is 0 Å². The van der Waals surface area contributed by atoms with E-state index < -0.39 is 0 Å². The second-order valence-corrected chi connectivity index (χ2v) is 4.61. The van der Waals surface area contributed by atoms with Crippen LogP contribution in [-0.2, 0) is 0 Å². The molecule has 2 heteroatoms. The topological polar surface area (TPSA) is 24.7 Å². The normalized spacial score (nSPS) is 11.9. The van der Waals surface area contributed by atoms with Crippen molar-refractivity contribution in [2.45, 2.75) is 19.9 Å². The van der Waals surface area contributed by atoms with Gasteiger partial charge in [-0.3, -0.25) is 9.98 Å². The van der Waals surface area contributed by atoms with E-state index in [0.717, 1.165) is 11.3 Å². The first-order chi connectivity index (χ1) is 9.19. The van der Waals surface area contributed by atoms with E-state index in [1.165, 1.54) is 16.7 Å². The third-order valence-corrected chi connectivity index (χ3v) is 3.40. The van der Waals surface area contributed by atoms with Gasteiger partial charge in [0.1, 0.15) is 6.04 Å². The summed E-state index contributed by atoms with van der Waals surface area (Å²) in [6, 6.07) is 14.1. The molecule has 19 heavy (non-hydrogen) atoms. The molecule has 0 radical (unpaired) electrons. The molecule has 0 fully saturated rings. The van der Waals surface area contributed by atoms with Gasteiger partial charge in [-0.25, -0.2) is 0 Å². The number of rotatable bonds is 4. The minimum atomic E-state index is -0.0945. The van der Waals surface area contributed by atoms with Crippen LogP contribution in [0, 0.1) is 13.8 Å². The lowest BCUT2D eigenvalue weighted by Gasteiger charge is -2.19. The van der Waals surface area contributed by atoms with E-state index in [1.807, 2.05) is 24.3 Å². The Morgan fingerprint density at radius 2 is 1.53 bits per heavy atom. The summed E-state index contributed by atoms with van der Waals surface area (Å²) >= 11 is 0. The van der Waals surface area contributed by atoms with Gasteiger partial charge in [-0.05, 0) is 50.0 Å². The predicted molar refractivity (Wildman–Crippen MR) is 83.0 cm³/mol. The zero-order valence-corrected chi connectivity index (χ0v) is 11.4. The Morgan fingerprint density at radius 1 is 0.895 bits per heavy atom. The minimum Gasteiger partial charge on any atom is -0.288 e. The van der Waals surface area contributed by atoms with Gasteiger partial charge in [-0.15, -0.1) is 0 Å². The summed E-state index contributed by atoms with van der Waals surface area (Å²) in [6.07, 6.45) is 0. The summed E-state index contributed by atoms with van der Waals surface area (Å²) in [7, 11) is 0. The Bertz CT molecular complexity index is 594. The number of nitrogens with zero attached hydrogens (tertiary/aromatic N) is 2. The Morgan fingerprint density at radius 3 is 2.11 bits per heavy atom. The average molecular weight is 250 g/mol. The van der Waals surface area contributed by atoms with Crippen molar-refractivity contribution in [2.24, 2.45) is 9.98 Å². The highest BCUT2D eigenvalue weighted by molar-refractivity contribution is 5.57. The van der Waals surface area contributed by atoms with Gasteiger partial charge in [0.25, 0.3) is 0 Å². The van der Waals surface area contributed by atoms with Crippen LogP contribution in [0.5, 0.6) is 0 Å². The van der Waals surface area contributed by atoms with E-state index in [0.29, 0.717) is 0 Å². The second-order valence-electron chi connectivity index (χ2n) is 4.61. The zero-order chi connectivity index (χ0) is 13.8. The maximum Gasteiger partial charge on any atom is 0.102 e. The highest BCUT2D eigenvalue weighted by Gasteiger charge is 2.18. The number of hydrogen-bond donors (Lipinski definition) is 0. The monoisotopic (exact) mass is 250 g/mol. The summed E-state index contributed by atoms with van der Waals surface area (Å²) in [5.41, 5.74) is 5.55. The van der Waals surface area contributed by atoms with Gasteiger partial charge < -0.3 is 0 Å². The highest BCUT2D eigenvalue weighted by Crippen LogP contribution is 2.35. The fourth-order valence-electron chi connectivity index (χ4n) is 2.47. The Hall–Kier alpha value is -2.22. The van der Waals surface area contributed by atoms with Gasteiger partial charge in [0, 0.05) is 5.56 Å². The Balaban J connectivity index is 2.63. The van der Waals surface area contributed by atoms with Gasteiger partial charge in [0.05, 0.1) is 5.69 Å². The van der Waals surface area contributed by atoms with E-state index in [-0.39, 0.29) is 6.04 Å². The average Bonchev–Trinajstić information content (AvgIpc) is 2.43. The van der Waals surface area contributed by atoms with Crippen molar-refractivity contribution < 1.29 is 0 Å². The molecule has 0 heterocycles. The van der Waals surface area contributed by atoms with Crippen LogP contribution in [0.15, 0.2) is 52.4 Å². The molecule has 0 bridgehead atoms. The van der Waals surface area contributed by atoms with Gasteiger partial charge in [-0.2, -0.15) is 0 Å². The molecule has 2 aromatic rings. The van der Waals surface area contributed by atoms with Crippen LogP contribution >= 0.6 is 0 Å². The van der Waals surface area contributed by atoms with E-state index in [2.05, 4.69) is 55.5 Å². The molecule has 0 aromatic heterocycles. The van der Waals surface area contributed by atoms with Crippen LogP contribution in [0.1, 0.15) is 28.3 Å². The molecule has 0 saturated carbocycles. The maximum atomic E-state index is 4.32. The van der Waals surface area contributed by atoms with Crippen molar-refractivity contribution in [3.63, 3.8) is 0 Å². The van der Waals surface area contributed by atoms with Crippen molar-refractivity contribution in [3.8, 4) is 0 Å². The standard InChI is InChI=1S/C17H18N2/c1-12-8-7-9-13(2)16(12)17(19-4)14-10-5-6-11-15(14)18-3/h5-11,17H,3-4H2,1-2H3. The molecule has 0 aliphatic rings. The molecule has 0 saturated heterocycles. The third-order valence-electron chi connectivity index (χ3n) is 3.40. The Labute approximate surface area is 114 Å². The molecule has 2 aromatic carbocycles. The Kier molecular flexibility index (Phi) is 3.91. The summed E-state index contributed by atoms with van der Waals surface area (Å²) in [5, 5.41) is 0. The minimum absolute atomic E-state index is 0.0945. The molecule has 0 N–H and O–H groups in total. The molecule has 1 atom stereocenters.